The van der Waals surface area contributed by atoms with Gasteiger partial charge in [-0.1, -0.05) is 0 Å². The highest BCUT2D eigenvalue weighted by atomic mass is 79.9. The third-order valence-electron chi connectivity index (χ3n) is 2.23. The second kappa shape index (κ2) is 5.18. The molecule has 0 unspecified atom stereocenters. The van der Waals surface area contributed by atoms with E-state index in [4.69, 9.17) is 10.5 Å². The molecule has 2 rings (SSSR count). The number of nitrogens with two attached hydrogens (primary N) is 1. The molecule has 0 aliphatic heterocycles. The number of hydrogen-bond acceptors (Lipinski definition) is 5. The van der Waals surface area contributed by atoms with Crippen LogP contribution in [-0.4, -0.2) is 17.1 Å². The van der Waals surface area contributed by atoms with Crippen LogP contribution in [0.1, 0.15) is 0 Å². The Morgan fingerprint density at radius 1 is 1.39 bits per heavy atom. The van der Waals surface area contributed by atoms with Crippen molar-refractivity contribution in [2.45, 2.75) is 0 Å². The first-order valence-corrected chi connectivity index (χ1v) is 5.77. The zero-order valence-electron chi connectivity index (χ0n) is 9.45. The molecule has 0 amide bonds. The van der Waals surface area contributed by atoms with Crippen molar-refractivity contribution in [2.24, 2.45) is 0 Å². The fourth-order valence-electron chi connectivity index (χ4n) is 1.35. The first-order chi connectivity index (χ1) is 8.61. The second-order valence-electron chi connectivity index (χ2n) is 3.40. The molecule has 0 saturated carbocycles. The van der Waals surface area contributed by atoms with E-state index in [-0.39, 0.29) is 5.75 Å². The third-order valence-corrected chi connectivity index (χ3v) is 3.01. The van der Waals surface area contributed by atoms with Crippen LogP contribution in [-0.2, 0) is 0 Å². The zero-order valence-corrected chi connectivity index (χ0v) is 11.0. The highest BCUT2D eigenvalue weighted by Crippen LogP contribution is 2.28. The Morgan fingerprint density at radius 2 is 2.17 bits per heavy atom. The Balaban J connectivity index is 2.29. The summed E-state index contributed by atoms with van der Waals surface area (Å²) in [6, 6.07) is 4.51. The second-order valence-corrected chi connectivity index (χ2v) is 4.19. The molecule has 5 nitrogen and oxygen atoms in total. The summed E-state index contributed by atoms with van der Waals surface area (Å²) < 4.78 is 18.9. The van der Waals surface area contributed by atoms with Crippen molar-refractivity contribution in [1.29, 1.82) is 0 Å². The number of benzene rings is 1. The fourth-order valence-corrected chi connectivity index (χ4v) is 1.66. The molecule has 0 aliphatic rings. The molecule has 3 N–H and O–H groups in total. The van der Waals surface area contributed by atoms with Crippen molar-refractivity contribution in [3.63, 3.8) is 0 Å². The van der Waals surface area contributed by atoms with E-state index in [9.17, 15) is 4.39 Å². The van der Waals surface area contributed by atoms with Gasteiger partial charge in [-0.25, -0.2) is 14.4 Å². The number of halogens is 2. The molecule has 7 heteroatoms. The molecule has 0 atom stereocenters. The smallest absolute Gasteiger partial charge is 0.167 e. The minimum atomic E-state index is -0.458. The van der Waals surface area contributed by atoms with Gasteiger partial charge in [-0.2, -0.15) is 0 Å². The molecule has 94 valence electrons. The van der Waals surface area contributed by atoms with E-state index in [1.807, 2.05) is 0 Å². The molecule has 0 fully saturated rings. The number of ether oxygens (including phenoxy) is 1. The Hall–Kier alpha value is -1.89. The summed E-state index contributed by atoms with van der Waals surface area (Å²) in [5.41, 5.74) is 6.15. The van der Waals surface area contributed by atoms with Crippen LogP contribution in [0.3, 0.4) is 0 Å². The number of rotatable bonds is 3. The standard InChI is InChI=1S/C11H10BrFN4O/c1-18-8-3-2-6(4-7(8)13)17-11-9(12)10(14)15-5-16-11/h2-5H,1H3,(H3,14,15,16,17). The molecule has 1 heterocycles. The average Bonchev–Trinajstić information content (AvgIpc) is 2.35. The maximum absolute atomic E-state index is 13.5. The summed E-state index contributed by atoms with van der Waals surface area (Å²) in [6.45, 7) is 0. The lowest BCUT2D eigenvalue weighted by atomic mass is 10.3. The molecule has 1 aromatic heterocycles. The van der Waals surface area contributed by atoms with Crippen LogP contribution in [0.5, 0.6) is 5.75 Å². The largest absolute Gasteiger partial charge is 0.494 e. The van der Waals surface area contributed by atoms with Gasteiger partial charge in [0, 0.05) is 11.8 Å². The highest BCUT2D eigenvalue weighted by molar-refractivity contribution is 9.10. The zero-order chi connectivity index (χ0) is 13.1. The van der Waals surface area contributed by atoms with E-state index < -0.39 is 5.82 Å². The van der Waals surface area contributed by atoms with Gasteiger partial charge in [0.15, 0.2) is 11.6 Å². The van der Waals surface area contributed by atoms with Gasteiger partial charge in [0.2, 0.25) is 0 Å². The molecule has 0 saturated heterocycles. The number of methoxy groups -OCH3 is 1. The molecule has 0 bridgehead atoms. The van der Waals surface area contributed by atoms with Gasteiger partial charge in [0.25, 0.3) is 0 Å². The van der Waals surface area contributed by atoms with Crippen LogP contribution in [0, 0.1) is 5.82 Å². The summed E-state index contributed by atoms with van der Waals surface area (Å²) in [5.74, 6) is 0.496. The maximum atomic E-state index is 13.5. The van der Waals surface area contributed by atoms with Gasteiger partial charge in [-0.3, -0.25) is 0 Å². The van der Waals surface area contributed by atoms with Crippen LogP contribution >= 0.6 is 15.9 Å². The first-order valence-electron chi connectivity index (χ1n) is 4.98. The van der Waals surface area contributed by atoms with Gasteiger partial charge in [-0.15, -0.1) is 0 Å². The van der Waals surface area contributed by atoms with E-state index in [0.717, 1.165) is 0 Å². The maximum Gasteiger partial charge on any atom is 0.167 e. The van der Waals surface area contributed by atoms with Crippen LogP contribution in [0.4, 0.5) is 21.7 Å². The topological polar surface area (TPSA) is 73.1 Å². The number of hydrogen-bond donors (Lipinski definition) is 2. The normalized spacial score (nSPS) is 10.2. The SMILES string of the molecule is COc1ccc(Nc2ncnc(N)c2Br)cc1F. The lowest BCUT2D eigenvalue weighted by Crippen LogP contribution is -2.00. The van der Waals surface area contributed by atoms with Crippen LogP contribution < -0.4 is 15.8 Å². The van der Waals surface area contributed by atoms with Crippen LogP contribution in [0.15, 0.2) is 29.0 Å². The predicted octanol–water partition coefficient (Wildman–Crippen LogP) is 2.71. The molecular formula is C11H10BrFN4O. The lowest BCUT2D eigenvalue weighted by molar-refractivity contribution is 0.386. The Kier molecular flexibility index (Phi) is 3.61. The van der Waals surface area contributed by atoms with Crippen molar-refractivity contribution in [1.82, 2.24) is 9.97 Å². The minimum Gasteiger partial charge on any atom is -0.494 e. The van der Waals surface area contributed by atoms with Gasteiger partial charge in [0.05, 0.1) is 7.11 Å². The predicted molar refractivity (Wildman–Crippen MR) is 70.4 cm³/mol. The molecule has 0 aliphatic carbocycles. The van der Waals surface area contributed by atoms with Crippen molar-refractivity contribution >= 4 is 33.3 Å². The lowest BCUT2D eigenvalue weighted by Gasteiger charge is -2.09. The summed E-state index contributed by atoms with van der Waals surface area (Å²) >= 11 is 3.25. The number of nitrogens with zero attached hydrogens (tertiary/aromatic N) is 2. The van der Waals surface area contributed by atoms with Gasteiger partial charge in [0.1, 0.15) is 22.4 Å². The van der Waals surface area contributed by atoms with E-state index in [0.29, 0.717) is 21.8 Å². The summed E-state index contributed by atoms with van der Waals surface area (Å²) in [5, 5.41) is 2.93. The van der Waals surface area contributed by atoms with Gasteiger partial charge >= 0.3 is 0 Å². The molecule has 1 aromatic carbocycles. The van der Waals surface area contributed by atoms with Crippen LogP contribution in [0.2, 0.25) is 0 Å². The van der Waals surface area contributed by atoms with Crippen molar-refractivity contribution in [3.05, 3.63) is 34.8 Å². The molecular weight excluding hydrogens is 303 g/mol. The summed E-state index contributed by atoms with van der Waals surface area (Å²) in [4.78, 5) is 7.82. The van der Waals surface area contributed by atoms with E-state index in [1.54, 1.807) is 6.07 Å². The molecule has 2 aromatic rings. The molecule has 18 heavy (non-hydrogen) atoms. The number of nitrogens with one attached hydrogen (secondary N) is 1. The van der Waals surface area contributed by atoms with Gasteiger partial charge in [-0.05, 0) is 28.1 Å². The van der Waals surface area contributed by atoms with E-state index >= 15 is 0 Å². The Bertz CT molecular complexity index is 579. The third kappa shape index (κ3) is 2.51. The van der Waals surface area contributed by atoms with Crippen LogP contribution in [0.25, 0.3) is 0 Å². The van der Waals surface area contributed by atoms with Crippen molar-refractivity contribution in [2.75, 3.05) is 18.2 Å². The summed E-state index contributed by atoms with van der Waals surface area (Å²) in [6.07, 6.45) is 1.32. The Labute approximate surface area is 111 Å². The molecule has 0 radical (unpaired) electrons. The molecule has 0 spiro atoms. The minimum absolute atomic E-state index is 0.182. The van der Waals surface area contributed by atoms with Crippen molar-refractivity contribution in [3.8, 4) is 5.75 Å². The highest BCUT2D eigenvalue weighted by Gasteiger charge is 2.08. The number of anilines is 3. The van der Waals surface area contributed by atoms with Crippen molar-refractivity contribution < 1.29 is 9.13 Å². The summed E-state index contributed by atoms with van der Waals surface area (Å²) in [7, 11) is 1.41. The number of aromatic nitrogens is 2. The first kappa shape index (κ1) is 12.6. The average molecular weight is 313 g/mol. The quantitative estimate of drug-likeness (QED) is 0.911. The van der Waals surface area contributed by atoms with Gasteiger partial charge < -0.3 is 15.8 Å². The number of nitrogen functional groups attached to an aromatic ring is 1. The van der Waals surface area contributed by atoms with E-state index in [1.165, 1.54) is 25.6 Å². The fraction of sp³-hybridized carbons (Fsp3) is 0.0909. The van der Waals surface area contributed by atoms with E-state index in [2.05, 4.69) is 31.2 Å². The monoisotopic (exact) mass is 312 g/mol. The Morgan fingerprint density at radius 3 is 2.83 bits per heavy atom.